The molecule has 1 aliphatic carbocycles. The number of alkyl halides is 1. The van der Waals surface area contributed by atoms with Crippen molar-refractivity contribution in [1.82, 2.24) is 0 Å². The van der Waals surface area contributed by atoms with Crippen molar-refractivity contribution < 1.29 is 9.53 Å². The molecule has 1 aliphatic heterocycles. The zero-order valence-corrected chi connectivity index (χ0v) is 11.2. The van der Waals surface area contributed by atoms with Crippen molar-refractivity contribution >= 4 is 28.6 Å². The molecule has 0 aromatic rings. The van der Waals surface area contributed by atoms with E-state index in [4.69, 9.17) is 4.74 Å². The van der Waals surface area contributed by atoms with E-state index >= 15 is 0 Å². The fraction of sp³-hybridized carbons (Fsp3) is 0.750. The number of esters is 1. The van der Waals surface area contributed by atoms with Crippen LogP contribution < -0.4 is 0 Å². The summed E-state index contributed by atoms with van der Waals surface area (Å²) in [5.74, 6) is 1.02. The van der Waals surface area contributed by atoms with Crippen LogP contribution in [-0.4, -0.2) is 16.0 Å². The van der Waals surface area contributed by atoms with Crippen LogP contribution in [0.4, 0.5) is 0 Å². The third-order valence-electron chi connectivity index (χ3n) is 3.88. The molecule has 0 amide bonds. The summed E-state index contributed by atoms with van der Waals surface area (Å²) in [6.07, 6.45) is 3.85. The molecule has 0 aromatic carbocycles. The number of carbonyl (C=O) groups is 1. The van der Waals surface area contributed by atoms with Crippen molar-refractivity contribution in [2.75, 3.05) is 4.43 Å². The molecular weight excluding hydrogens is 303 g/mol. The third-order valence-corrected chi connectivity index (χ3v) is 5.17. The molecule has 3 heteroatoms. The molecule has 84 valence electrons. The first-order valence-electron chi connectivity index (χ1n) is 5.50. The molecule has 0 aromatic heterocycles. The molecule has 2 rings (SSSR count). The van der Waals surface area contributed by atoms with Crippen LogP contribution in [0.1, 0.15) is 32.6 Å². The average Bonchev–Trinajstić information content (AvgIpc) is 2.53. The van der Waals surface area contributed by atoms with E-state index in [1.54, 1.807) is 0 Å². The maximum Gasteiger partial charge on any atom is 0.306 e. The topological polar surface area (TPSA) is 26.3 Å². The van der Waals surface area contributed by atoms with E-state index in [2.05, 4.69) is 36.1 Å². The van der Waals surface area contributed by atoms with Crippen LogP contribution >= 0.6 is 22.6 Å². The number of carbonyl (C=O) groups excluding carboxylic acids is 1. The van der Waals surface area contributed by atoms with Gasteiger partial charge in [-0.3, -0.25) is 4.79 Å². The lowest BCUT2D eigenvalue weighted by Crippen LogP contribution is -2.42. The average molecular weight is 320 g/mol. The van der Waals surface area contributed by atoms with E-state index in [0.29, 0.717) is 18.3 Å². The normalized spacial score (nSPS) is 39.7. The summed E-state index contributed by atoms with van der Waals surface area (Å²) < 4.78 is 6.49. The molecular formula is C12H17IO2. The molecule has 1 saturated carbocycles. The first-order chi connectivity index (χ1) is 7.07. The Kier molecular flexibility index (Phi) is 3.10. The fourth-order valence-corrected chi connectivity index (χ4v) is 3.98. The van der Waals surface area contributed by atoms with Crippen LogP contribution in [0.3, 0.4) is 0 Å². The van der Waals surface area contributed by atoms with Crippen LogP contribution in [-0.2, 0) is 9.53 Å². The lowest BCUT2D eigenvalue weighted by Gasteiger charge is -2.39. The van der Waals surface area contributed by atoms with Gasteiger partial charge in [0.2, 0.25) is 0 Å². The van der Waals surface area contributed by atoms with Gasteiger partial charge < -0.3 is 4.74 Å². The van der Waals surface area contributed by atoms with Crippen LogP contribution in [0.15, 0.2) is 12.2 Å². The van der Waals surface area contributed by atoms with Crippen LogP contribution in [0.2, 0.25) is 0 Å². The van der Waals surface area contributed by atoms with Crippen molar-refractivity contribution in [2.24, 2.45) is 11.8 Å². The fourth-order valence-electron chi connectivity index (χ4n) is 2.82. The minimum absolute atomic E-state index is 0.000897. The minimum Gasteiger partial charge on any atom is -0.458 e. The highest BCUT2D eigenvalue weighted by molar-refractivity contribution is 14.1. The van der Waals surface area contributed by atoms with Gasteiger partial charge in [0, 0.05) is 10.3 Å². The second kappa shape index (κ2) is 4.07. The molecule has 2 fully saturated rings. The quantitative estimate of drug-likeness (QED) is 0.338. The Labute approximate surface area is 105 Å². The number of allylic oxidation sites excluding steroid dienone is 1. The lowest BCUT2D eigenvalue weighted by atomic mass is 9.70. The highest BCUT2D eigenvalue weighted by Crippen LogP contribution is 2.48. The molecule has 2 nitrogen and oxygen atoms in total. The number of halogens is 1. The highest BCUT2D eigenvalue weighted by atomic mass is 127. The molecule has 0 radical (unpaired) electrons. The molecule has 15 heavy (non-hydrogen) atoms. The molecule has 2 aliphatic rings. The van der Waals surface area contributed by atoms with E-state index in [1.165, 1.54) is 5.57 Å². The van der Waals surface area contributed by atoms with E-state index in [0.717, 1.165) is 23.7 Å². The van der Waals surface area contributed by atoms with Gasteiger partial charge in [0.1, 0.15) is 5.60 Å². The SMILES string of the molecule is C=C(C)[C@@H]1CC[C@@]2(CI)OC(=O)C[C@H]2C1. The Balaban J connectivity index is 2.14. The Morgan fingerprint density at radius 2 is 2.47 bits per heavy atom. The van der Waals surface area contributed by atoms with Crippen LogP contribution in [0, 0.1) is 11.8 Å². The highest BCUT2D eigenvalue weighted by Gasteiger charge is 2.51. The van der Waals surface area contributed by atoms with Crippen molar-refractivity contribution in [3.63, 3.8) is 0 Å². The summed E-state index contributed by atoms with van der Waals surface area (Å²) in [7, 11) is 0. The maximum absolute atomic E-state index is 11.4. The van der Waals surface area contributed by atoms with E-state index < -0.39 is 0 Å². The number of hydrogen-bond donors (Lipinski definition) is 0. The van der Waals surface area contributed by atoms with Gasteiger partial charge in [0.25, 0.3) is 0 Å². The second-order valence-corrected chi connectivity index (χ2v) is 5.65. The molecule has 0 N–H and O–H groups in total. The molecule has 3 atom stereocenters. The Morgan fingerprint density at radius 3 is 3.07 bits per heavy atom. The van der Waals surface area contributed by atoms with Gasteiger partial charge >= 0.3 is 5.97 Å². The maximum atomic E-state index is 11.4. The number of fused-ring (bicyclic) bond motifs is 1. The predicted octanol–water partition coefficient (Wildman–Crippen LogP) is 3.10. The first kappa shape index (κ1) is 11.4. The van der Waals surface area contributed by atoms with Crippen molar-refractivity contribution in [1.29, 1.82) is 0 Å². The van der Waals surface area contributed by atoms with Crippen LogP contribution in [0.25, 0.3) is 0 Å². The van der Waals surface area contributed by atoms with Crippen molar-refractivity contribution in [3.05, 3.63) is 12.2 Å². The molecule has 0 bridgehead atoms. The third kappa shape index (κ3) is 1.95. The molecule has 1 heterocycles. The largest absolute Gasteiger partial charge is 0.458 e. The summed E-state index contributed by atoms with van der Waals surface area (Å²) >= 11 is 2.35. The molecule has 1 saturated heterocycles. The van der Waals surface area contributed by atoms with Crippen LogP contribution in [0.5, 0.6) is 0 Å². The molecule has 0 unspecified atom stereocenters. The number of hydrogen-bond acceptors (Lipinski definition) is 2. The van der Waals surface area contributed by atoms with Gasteiger partial charge in [-0.1, -0.05) is 34.7 Å². The monoisotopic (exact) mass is 320 g/mol. The van der Waals surface area contributed by atoms with Crippen molar-refractivity contribution in [2.45, 2.75) is 38.2 Å². The predicted molar refractivity (Wildman–Crippen MR) is 68.0 cm³/mol. The second-order valence-electron chi connectivity index (χ2n) is 4.89. The standard InChI is InChI=1S/C12H17IO2/c1-8(2)9-3-4-12(7-13)10(5-9)6-11(14)15-12/h9-10H,1,3-7H2,2H3/t9-,10-,12+/m1/s1. The summed E-state index contributed by atoms with van der Waals surface area (Å²) in [6, 6.07) is 0. The minimum atomic E-state index is -0.135. The first-order valence-corrected chi connectivity index (χ1v) is 7.03. The Morgan fingerprint density at radius 1 is 1.73 bits per heavy atom. The zero-order valence-electron chi connectivity index (χ0n) is 9.09. The van der Waals surface area contributed by atoms with Gasteiger partial charge in [-0.2, -0.15) is 0 Å². The number of ether oxygens (including phenoxy) is 1. The summed E-state index contributed by atoms with van der Waals surface area (Å²) in [6.45, 7) is 6.13. The summed E-state index contributed by atoms with van der Waals surface area (Å²) in [5, 5.41) is 0. The molecule has 0 spiro atoms. The van der Waals surface area contributed by atoms with Gasteiger partial charge in [-0.05, 0) is 32.1 Å². The van der Waals surface area contributed by atoms with E-state index in [1.807, 2.05) is 0 Å². The van der Waals surface area contributed by atoms with Gasteiger partial charge in [-0.25, -0.2) is 0 Å². The zero-order chi connectivity index (χ0) is 11.1. The number of rotatable bonds is 2. The summed E-state index contributed by atoms with van der Waals surface area (Å²) in [5.41, 5.74) is 1.13. The van der Waals surface area contributed by atoms with Gasteiger partial charge in [0.05, 0.1) is 6.42 Å². The Hall–Kier alpha value is -0.0600. The summed E-state index contributed by atoms with van der Waals surface area (Å²) in [4.78, 5) is 11.4. The Bertz CT molecular complexity index is 300. The van der Waals surface area contributed by atoms with Gasteiger partial charge in [0.15, 0.2) is 0 Å². The lowest BCUT2D eigenvalue weighted by molar-refractivity contribution is -0.149. The van der Waals surface area contributed by atoms with Crippen molar-refractivity contribution in [3.8, 4) is 0 Å². The van der Waals surface area contributed by atoms with Gasteiger partial charge in [-0.15, -0.1) is 0 Å². The van der Waals surface area contributed by atoms with E-state index in [-0.39, 0.29) is 11.6 Å². The van der Waals surface area contributed by atoms with E-state index in [9.17, 15) is 4.79 Å². The smallest absolute Gasteiger partial charge is 0.306 e.